The van der Waals surface area contributed by atoms with Crippen molar-refractivity contribution in [3.63, 3.8) is 0 Å². The van der Waals surface area contributed by atoms with Crippen molar-refractivity contribution in [3.8, 4) is 0 Å². The Kier molecular flexibility index (Phi) is 11.4. The molecule has 0 bridgehead atoms. The van der Waals surface area contributed by atoms with Crippen molar-refractivity contribution < 1.29 is 29.1 Å². The zero-order chi connectivity index (χ0) is 25.1. The topological polar surface area (TPSA) is 222 Å². The van der Waals surface area contributed by atoms with E-state index in [4.69, 9.17) is 16.6 Å². The van der Waals surface area contributed by atoms with Crippen LogP contribution in [0, 0.1) is 5.92 Å². The molecule has 0 radical (unpaired) electrons. The second kappa shape index (κ2) is 13.4. The number of carboxylic acids is 1. The third kappa shape index (κ3) is 9.91. The van der Waals surface area contributed by atoms with Gasteiger partial charge in [0.2, 0.25) is 23.6 Å². The molecule has 0 aliphatic heterocycles. The average molecular weight is 486 g/mol. The molecular formula is C19H31N7O6S. The van der Waals surface area contributed by atoms with E-state index in [1.165, 1.54) is 12.5 Å². The summed E-state index contributed by atoms with van der Waals surface area (Å²) >= 11 is 3.90. The lowest BCUT2D eigenvalue weighted by atomic mass is 10.0. The van der Waals surface area contributed by atoms with Gasteiger partial charge in [-0.25, -0.2) is 9.78 Å². The van der Waals surface area contributed by atoms with Gasteiger partial charge in [-0.05, 0) is 12.3 Å². The summed E-state index contributed by atoms with van der Waals surface area (Å²) in [5.74, 6) is -4.55. The highest BCUT2D eigenvalue weighted by molar-refractivity contribution is 7.80. The number of aliphatic carboxylic acids is 1. The Morgan fingerprint density at radius 1 is 1.06 bits per heavy atom. The van der Waals surface area contributed by atoms with Gasteiger partial charge < -0.3 is 37.5 Å². The van der Waals surface area contributed by atoms with Gasteiger partial charge in [0.05, 0.1) is 18.8 Å². The molecule has 14 heteroatoms. The Hall–Kier alpha value is -3.13. The second-order valence-corrected chi connectivity index (χ2v) is 8.26. The number of amides is 4. The minimum atomic E-state index is -1.38. The smallest absolute Gasteiger partial charge is 0.327 e. The lowest BCUT2D eigenvalue weighted by molar-refractivity contribution is -0.141. The monoisotopic (exact) mass is 485 g/mol. The summed E-state index contributed by atoms with van der Waals surface area (Å²) in [5, 5.41) is 16.3. The van der Waals surface area contributed by atoms with Gasteiger partial charge in [0, 0.05) is 24.1 Å². The molecule has 4 unspecified atom stereocenters. The lowest BCUT2D eigenvalue weighted by Crippen LogP contribution is -2.58. The number of nitrogens with two attached hydrogens (primary N) is 2. The van der Waals surface area contributed by atoms with Crippen LogP contribution in [0.3, 0.4) is 0 Å². The van der Waals surface area contributed by atoms with Crippen LogP contribution in [0.4, 0.5) is 0 Å². The van der Waals surface area contributed by atoms with E-state index in [1.54, 1.807) is 0 Å². The second-order valence-electron chi connectivity index (χ2n) is 7.89. The maximum Gasteiger partial charge on any atom is 0.327 e. The maximum absolute atomic E-state index is 12.9. The van der Waals surface area contributed by atoms with Gasteiger partial charge in [0.1, 0.15) is 18.1 Å². The molecule has 4 amide bonds. The number of primary amides is 1. The van der Waals surface area contributed by atoms with Crippen LogP contribution < -0.4 is 27.4 Å². The van der Waals surface area contributed by atoms with E-state index in [0.717, 1.165) is 0 Å². The molecule has 1 aromatic heterocycles. The van der Waals surface area contributed by atoms with Gasteiger partial charge in [0.25, 0.3) is 0 Å². The summed E-state index contributed by atoms with van der Waals surface area (Å²) in [6.07, 6.45) is 2.54. The average Bonchev–Trinajstić information content (AvgIpc) is 3.22. The number of carbonyl (C=O) groups is 5. The van der Waals surface area contributed by atoms with Crippen LogP contribution in [0.15, 0.2) is 12.5 Å². The van der Waals surface area contributed by atoms with E-state index in [9.17, 15) is 24.0 Å². The minimum Gasteiger partial charge on any atom is -0.480 e. The molecule has 1 rings (SSSR count). The van der Waals surface area contributed by atoms with Crippen molar-refractivity contribution in [3.05, 3.63) is 18.2 Å². The first kappa shape index (κ1) is 27.9. The minimum absolute atomic E-state index is 0.0689. The summed E-state index contributed by atoms with van der Waals surface area (Å²) in [5.41, 5.74) is 11.5. The number of aromatic amines is 1. The molecule has 0 aliphatic rings. The fraction of sp³-hybridized carbons (Fsp3) is 0.579. The summed E-state index contributed by atoms with van der Waals surface area (Å²) in [6.45, 7) is 3.74. The highest BCUT2D eigenvalue weighted by Gasteiger charge is 2.31. The summed E-state index contributed by atoms with van der Waals surface area (Å²) in [6, 6.07) is -4.84. The van der Waals surface area contributed by atoms with Crippen LogP contribution in [0.1, 0.15) is 32.4 Å². The van der Waals surface area contributed by atoms with Crippen molar-refractivity contribution in [2.75, 3.05) is 5.75 Å². The van der Waals surface area contributed by atoms with Gasteiger partial charge in [-0.1, -0.05) is 13.8 Å². The number of rotatable bonds is 14. The number of carboxylic acid groups (broad SMARTS) is 1. The van der Waals surface area contributed by atoms with E-state index < -0.39 is 60.2 Å². The molecular weight excluding hydrogens is 454 g/mol. The third-order valence-electron chi connectivity index (χ3n) is 4.51. The van der Waals surface area contributed by atoms with Gasteiger partial charge >= 0.3 is 5.97 Å². The van der Waals surface area contributed by atoms with Crippen molar-refractivity contribution in [1.29, 1.82) is 0 Å². The quantitative estimate of drug-likeness (QED) is 0.133. The van der Waals surface area contributed by atoms with Crippen LogP contribution in [0.2, 0.25) is 0 Å². The Morgan fingerprint density at radius 2 is 1.64 bits per heavy atom. The zero-order valence-electron chi connectivity index (χ0n) is 18.4. The lowest BCUT2D eigenvalue weighted by Gasteiger charge is -2.24. The number of thiol groups is 1. The standard InChI is InChI=1S/C19H31N7O6S/c1-9(2)3-11(20)16(28)24-13(5-15(21)27)18(30)25-12(4-10-6-22-8-23-10)17(29)26-14(7-33)19(31)32/h6,8-9,11-14,33H,3-5,7,20H2,1-2H3,(H2,21,27)(H,22,23)(H,24,28)(H,25,30)(H,26,29)(H,31,32). The molecule has 1 heterocycles. The van der Waals surface area contributed by atoms with Crippen LogP contribution >= 0.6 is 12.6 Å². The van der Waals surface area contributed by atoms with E-state index in [-0.39, 0.29) is 18.1 Å². The third-order valence-corrected chi connectivity index (χ3v) is 4.87. The highest BCUT2D eigenvalue weighted by Crippen LogP contribution is 2.05. The molecule has 9 N–H and O–H groups in total. The molecule has 0 saturated heterocycles. The number of hydrogen-bond acceptors (Lipinski definition) is 8. The van der Waals surface area contributed by atoms with E-state index in [1.807, 2.05) is 13.8 Å². The number of nitrogens with one attached hydrogen (secondary N) is 4. The molecule has 33 heavy (non-hydrogen) atoms. The van der Waals surface area contributed by atoms with Gasteiger partial charge in [-0.2, -0.15) is 12.6 Å². The number of hydrogen-bond donors (Lipinski definition) is 8. The fourth-order valence-electron chi connectivity index (χ4n) is 2.86. The van der Waals surface area contributed by atoms with Crippen molar-refractivity contribution in [2.24, 2.45) is 17.4 Å². The molecule has 1 aromatic rings. The SMILES string of the molecule is CC(C)CC(N)C(=O)NC(CC(N)=O)C(=O)NC(Cc1cnc[nH]1)C(=O)NC(CS)C(=O)O. The summed E-state index contributed by atoms with van der Waals surface area (Å²) < 4.78 is 0. The maximum atomic E-state index is 12.9. The highest BCUT2D eigenvalue weighted by atomic mass is 32.1. The largest absolute Gasteiger partial charge is 0.480 e. The van der Waals surface area contributed by atoms with E-state index in [0.29, 0.717) is 12.1 Å². The van der Waals surface area contributed by atoms with Gasteiger partial charge in [-0.15, -0.1) is 0 Å². The van der Waals surface area contributed by atoms with Crippen molar-refractivity contribution in [1.82, 2.24) is 25.9 Å². The van der Waals surface area contributed by atoms with Crippen LogP contribution in [0.5, 0.6) is 0 Å². The molecule has 184 valence electrons. The van der Waals surface area contributed by atoms with Crippen LogP contribution in [-0.4, -0.2) is 74.6 Å². The summed E-state index contributed by atoms with van der Waals surface area (Å²) in [4.78, 5) is 67.3. The number of aromatic nitrogens is 2. The summed E-state index contributed by atoms with van der Waals surface area (Å²) in [7, 11) is 0. The molecule has 0 aliphatic carbocycles. The van der Waals surface area contributed by atoms with E-state index in [2.05, 4.69) is 38.5 Å². The predicted molar refractivity (Wildman–Crippen MR) is 121 cm³/mol. The molecule has 0 spiro atoms. The molecule has 0 aromatic carbocycles. The first-order chi connectivity index (χ1) is 15.4. The number of imidazole rings is 1. The number of carbonyl (C=O) groups excluding carboxylic acids is 4. The van der Waals surface area contributed by atoms with Crippen LogP contribution in [-0.2, 0) is 30.4 Å². The van der Waals surface area contributed by atoms with E-state index >= 15 is 0 Å². The Labute approximate surface area is 196 Å². The molecule has 0 fully saturated rings. The Bertz CT molecular complexity index is 833. The van der Waals surface area contributed by atoms with Crippen LogP contribution in [0.25, 0.3) is 0 Å². The fourth-order valence-corrected chi connectivity index (χ4v) is 3.11. The first-order valence-electron chi connectivity index (χ1n) is 10.2. The van der Waals surface area contributed by atoms with Crippen molar-refractivity contribution >= 4 is 42.2 Å². The molecule has 13 nitrogen and oxygen atoms in total. The Balaban J connectivity index is 3.02. The normalized spacial score (nSPS) is 14.6. The molecule has 0 saturated carbocycles. The number of H-pyrrole nitrogens is 1. The zero-order valence-corrected chi connectivity index (χ0v) is 19.3. The predicted octanol–water partition coefficient (Wildman–Crippen LogP) is -2.33. The molecule has 4 atom stereocenters. The Morgan fingerprint density at radius 3 is 2.12 bits per heavy atom. The van der Waals surface area contributed by atoms with Crippen molar-refractivity contribution in [2.45, 2.75) is 57.3 Å². The van der Waals surface area contributed by atoms with Gasteiger partial charge in [-0.3, -0.25) is 19.2 Å². The number of nitrogens with zero attached hydrogens (tertiary/aromatic N) is 1. The first-order valence-corrected chi connectivity index (χ1v) is 10.8. The van der Waals surface area contributed by atoms with Gasteiger partial charge in [0.15, 0.2) is 0 Å².